The number of aromatic nitrogens is 1. The summed E-state index contributed by atoms with van der Waals surface area (Å²) in [5.41, 5.74) is 0.585. The fraction of sp³-hybridized carbons (Fsp3) is 0.400. The number of rotatable bonds is 1. The molecule has 1 saturated heterocycles. The summed E-state index contributed by atoms with van der Waals surface area (Å²) >= 11 is 0. The summed E-state index contributed by atoms with van der Waals surface area (Å²) in [4.78, 5) is 9.69. The zero-order valence-electron chi connectivity index (χ0n) is 7.81. The van der Waals surface area contributed by atoms with Crippen LogP contribution in [0.15, 0.2) is 18.3 Å². The van der Waals surface area contributed by atoms with Crippen LogP contribution in [-0.4, -0.2) is 31.3 Å². The highest BCUT2D eigenvalue weighted by atomic mass is 16.5. The van der Waals surface area contributed by atoms with E-state index in [0.29, 0.717) is 5.69 Å². The minimum absolute atomic E-state index is 0.585. The molecule has 0 aromatic carbocycles. The van der Waals surface area contributed by atoms with Crippen LogP contribution in [0.5, 0.6) is 0 Å². The Labute approximate surface area is 82.9 Å². The Morgan fingerprint density at radius 1 is 1.36 bits per heavy atom. The Bertz CT molecular complexity index is 335. The Hall–Kier alpha value is -1.60. The minimum Gasteiger partial charge on any atom is -0.378 e. The summed E-state index contributed by atoms with van der Waals surface area (Å²) in [5.74, 6) is 0.931. The molecule has 1 fully saturated rings. The van der Waals surface area contributed by atoms with Crippen molar-refractivity contribution in [1.82, 2.24) is 4.98 Å². The Morgan fingerprint density at radius 3 is 2.71 bits per heavy atom. The lowest BCUT2D eigenvalue weighted by molar-refractivity contribution is 0.122. The highest BCUT2D eigenvalue weighted by Crippen LogP contribution is 2.16. The predicted octanol–water partition coefficient (Wildman–Crippen LogP) is 1.47. The monoisotopic (exact) mass is 189 g/mol. The molecular formula is C10H11N3O. The van der Waals surface area contributed by atoms with Crippen LogP contribution in [0.4, 0.5) is 11.5 Å². The molecule has 4 nitrogen and oxygen atoms in total. The van der Waals surface area contributed by atoms with Crippen LogP contribution in [0.1, 0.15) is 0 Å². The van der Waals surface area contributed by atoms with Gasteiger partial charge in [-0.05, 0) is 6.07 Å². The second-order valence-corrected chi connectivity index (χ2v) is 3.09. The van der Waals surface area contributed by atoms with E-state index in [2.05, 4.69) is 14.7 Å². The van der Waals surface area contributed by atoms with Crippen LogP contribution >= 0.6 is 0 Å². The third-order valence-electron chi connectivity index (χ3n) is 2.20. The van der Waals surface area contributed by atoms with Crippen molar-refractivity contribution in [2.24, 2.45) is 0 Å². The van der Waals surface area contributed by atoms with Gasteiger partial charge in [-0.25, -0.2) is 4.85 Å². The van der Waals surface area contributed by atoms with Gasteiger partial charge in [-0.1, -0.05) is 6.07 Å². The first-order valence-corrected chi connectivity index (χ1v) is 4.56. The largest absolute Gasteiger partial charge is 0.378 e. The van der Waals surface area contributed by atoms with E-state index in [1.807, 2.05) is 6.07 Å². The van der Waals surface area contributed by atoms with Crippen molar-refractivity contribution in [3.63, 3.8) is 0 Å². The van der Waals surface area contributed by atoms with Gasteiger partial charge in [-0.15, -0.1) is 0 Å². The third kappa shape index (κ3) is 1.83. The average Bonchev–Trinajstić information content (AvgIpc) is 2.30. The van der Waals surface area contributed by atoms with Crippen molar-refractivity contribution in [2.45, 2.75) is 0 Å². The molecule has 2 rings (SSSR count). The number of hydrogen-bond acceptors (Lipinski definition) is 3. The van der Waals surface area contributed by atoms with Crippen molar-refractivity contribution in [3.05, 3.63) is 29.7 Å². The van der Waals surface area contributed by atoms with E-state index in [4.69, 9.17) is 11.3 Å². The molecule has 0 spiro atoms. The highest BCUT2D eigenvalue weighted by Gasteiger charge is 2.11. The van der Waals surface area contributed by atoms with Gasteiger partial charge in [-0.3, -0.25) is 4.98 Å². The van der Waals surface area contributed by atoms with E-state index in [1.54, 1.807) is 12.3 Å². The van der Waals surface area contributed by atoms with Gasteiger partial charge < -0.3 is 9.64 Å². The SMILES string of the molecule is [C-]#[N+]c1ccc(N2CCOCC2)nc1. The van der Waals surface area contributed by atoms with Crippen molar-refractivity contribution in [3.8, 4) is 0 Å². The van der Waals surface area contributed by atoms with Gasteiger partial charge in [0, 0.05) is 19.3 Å². The molecule has 0 saturated carbocycles. The van der Waals surface area contributed by atoms with E-state index in [-0.39, 0.29) is 0 Å². The van der Waals surface area contributed by atoms with Gasteiger partial charge in [0.15, 0.2) is 0 Å². The molecule has 2 heterocycles. The van der Waals surface area contributed by atoms with Gasteiger partial charge >= 0.3 is 0 Å². The van der Waals surface area contributed by atoms with E-state index in [1.165, 1.54) is 0 Å². The summed E-state index contributed by atoms with van der Waals surface area (Å²) in [5, 5.41) is 0. The minimum atomic E-state index is 0.585. The Morgan fingerprint density at radius 2 is 2.14 bits per heavy atom. The lowest BCUT2D eigenvalue weighted by Crippen LogP contribution is -2.36. The first-order chi connectivity index (χ1) is 6.90. The van der Waals surface area contributed by atoms with E-state index in [9.17, 15) is 0 Å². The first kappa shape index (κ1) is 8.97. The molecule has 0 bridgehead atoms. The van der Waals surface area contributed by atoms with Crippen molar-refractivity contribution < 1.29 is 4.74 Å². The maximum Gasteiger partial charge on any atom is 0.205 e. The van der Waals surface area contributed by atoms with Gasteiger partial charge in [-0.2, -0.15) is 0 Å². The molecule has 1 aliphatic heterocycles. The summed E-state index contributed by atoms with van der Waals surface area (Å²) in [6, 6.07) is 3.68. The van der Waals surface area contributed by atoms with Gasteiger partial charge in [0.2, 0.25) is 5.69 Å². The lowest BCUT2D eigenvalue weighted by atomic mass is 10.3. The first-order valence-electron chi connectivity index (χ1n) is 4.56. The summed E-state index contributed by atoms with van der Waals surface area (Å²) < 4.78 is 5.25. The number of morpholine rings is 1. The van der Waals surface area contributed by atoms with Crippen LogP contribution in [-0.2, 0) is 4.74 Å². The molecule has 14 heavy (non-hydrogen) atoms. The summed E-state index contributed by atoms with van der Waals surface area (Å²) in [6.45, 7) is 10.1. The van der Waals surface area contributed by atoms with E-state index in [0.717, 1.165) is 32.1 Å². The molecule has 0 amide bonds. The summed E-state index contributed by atoms with van der Waals surface area (Å²) in [7, 11) is 0. The van der Waals surface area contributed by atoms with Crippen LogP contribution in [0.25, 0.3) is 4.85 Å². The van der Waals surface area contributed by atoms with Gasteiger partial charge in [0.1, 0.15) is 5.82 Å². The standard InChI is InChI=1S/C10H11N3O/c1-11-9-2-3-10(12-8-9)13-4-6-14-7-5-13/h2-3,8H,4-7H2. The number of pyridine rings is 1. The molecular weight excluding hydrogens is 178 g/mol. The number of hydrogen-bond donors (Lipinski definition) is 0. The molecule has 0 atom stereocenters. The maximum atomic E-state index is 6.81. The van der Waals surface area contributed by atoms with Crippen molar-refractivity contribution >= 4 is 11.5 Å². The van der Waals surface area contributed by atoms with Crippen molar-refractivity contribution in [1.29, 1.82) is 0 Å². The number of anilines is 1. The second-order valence-electron chi connectivity index (χ2n) is 3.09. The predicted molar refractivity (Wildman–Crippen MR) is 53.5 cm³/mol. The Kier molecular flexibility index (Phi) is 2.61. The van der Waals surface area contributed by atoms with Gasteiger partial charge in [0.05, 0.1) is 19.8 Å². The normalized spacial score (nSPS) is 16.4. The fourth-order valence-electron chi connectivity index (χ4n) is 1.42. The fourth-order valence-corrected chi connectivity index (χ4v) is 1.42. The molecule has 1 aromatic rings. The maximum absolute atomic E-state index is 6.81. The molecule has 72 valence electrons. The van der Waals surface area contributed by atoms with Crippen LogP contribution < -0.4 is 4.90 Å². The third-order valence-corrected chi connectivity index (χ3v) is 2.20. The molecule has 1 aromatic heterocycles. The Balaban J connectivity index is 2.12. The molecule has 0 radical (unpaired) electrons. The number of ether oxygens (including phenoxy) is 1. The van der Waals surface area contributed by atoms with Crippen LogP contribution in [0.2, 0.25) is 0 Å². The molecule has 0 aliphatic carbocycles. The summed E-state index contributed by atoms with van der Waals surface area (Å²) in [6.07, 6.45) is 1.61. The lowest BCUT2D eigenvalue weighted by Gasteiger charge is -2.27. The van der Waals surface area contributed by atoms with E-state index >= 15 is 0 Å². The van der Waals surface area contributed by atoms with Gasteiger partial charge in [0.25, 0.3) is 0 Å². The molecule has 0 N–H and O–H groups in total. The topological polar surface area (TPSA) is 29.7 Å². The quantitative estimate of drug-likeness (QED) is 0.626. The van der Waals surface area contributed by atoms with Crippen molar-refractivity contribution in [2.75, 3.05) is 31.2 Å². The average molecular weight is 189 g/mol. The number of nitrogens with zero attached hydrogens (tertiary/aromatic N) is 3. The van der Waals surface area contributed by atoms with Crippen LogP contribution in [0, 0.1) is 6.57 Å². The molecule has 0 unspecified atom stereocenters. The van der Waals surface area contributed by atoms with Crippen LogP contribution in [0.3, 0.4) is 0 Å². The molecule has 4 heteroatoms. The zero-order chi connectivity index (χ0) is 9.80. The highest BCUT2D eigenvalue weighted by molar-refractivity contribution is 5.49. The smallest absolute Gasteiger partial charge is 0.205 e. The second kappa shape index (κ2) is 4.07. The van der Waals surface area contributed by atoms with E-state index < -0.39 is 0 Å². The zero-order valence-corrected chi connectivity index (χ0v) is 7.81. The molecule has 1 aliphatic rings.